The van der Waals surface area contributed by atoms with Crippen LogP contribution in [0, 0.1) is 12.8 Å². The van der Waals surface area contributed by atoms with Gasteiger partial charge in [0.25, 0.3) is 0 Å². The maximum atomic E-state index is 12.7. The van der Waals surface area contributed by atoms with Gasteiger partial charge in [0, 0.05) is 30.3 Å². The Bertz CT molecular complexity index is 1070. The summed E-state index contributed by atoms with van der Waals surface area (Å²) in [5.41, 5.74) is 3.37. The van der Waals surface area contributed by atoms with Crippen molar-refractivity contribution in [3.05, 3.63) is 53.6 Å². The Labute approximate surface area is 170 Å². The lowest BCUT2D eigenvalue weighted by molar-refractivity contribution is -0.119. The predicted molar refractivity (Wildman–Crippen MR) is 112 cm³/mol. The highest BCUT2D eigenvalue weighted by molar-refractivity contribution is 7.91. The molecule has 4 rings (SSSR count). The van der Waals surface area contributed by atoms with E-state index in [9.17, 15) is 18.0 Å². The molecule has 0 radical (unpaired) electrons. The number of amides is 2. The number of benzene rings is 2. The number of fused-ring (bicyclic) bond motifs is 1. The topological polar surface area (TPSA) is 83.6 Å². The quantitative estimate of drug-likeness (QED) is 0.790. The van der Waals surface area contributed by atoms with Gasteiger partial charge in [0.2, 0.25) is 11.8 Å². The van der Waals surface area contributed by atoms with Crippen LogP contribution in [0.4, 0.5) is 11.4 Å². The predicted octanol–water partition coefficient (Wildman–Crippen LogP) is 3.10. The summed E-state index contributed by atoms with van der Waals surface area (Å²) in [6.07, 6.45) is 2.44. The van der Waals surface area contributed by atoms with Gasteiger partial charge in [-0.1, -0.05) is 12.1 Å². The zero-order chi connectivity index (χ0) is 20.6. The van der Waals surface area contributed by atoms with E-state index < -0.39 is 9.84 Å². The minimum absolute atomic E-state index is 0.111. The number of sulfone groups is 1. The molecule has 0 bridgehead atoms. The van der Waals surface area contributed by atoms with Crippen molar-refractivity contribution in [1.82, 2.24) is 0 Å². The van der Waals surface area contributed by atoms with Gasteiger partial charge in [0.05, 0.1) is 10.6 Å². The molecule has 2 amide bonds. The molecule has 1 fully saturated rings. The van der Waals surface area contributed by atoms with Crippen molar-refractivity contribution in [2.45, 2.75) is 37.5 Å². The average molecular weight is 413 g/mol. The highest BCUT2D eigenvalue weighted by Crippen LogP contribution is 2.37. The van der Waals surface area contributed by atoms with Gasteiger partial charge >= 0.3 is 0 Å². The van der Waals surface area contributed by atoms with E-state index in [0.717, 1.165) is 29.7 Å². The van der Waals surface area contributed by atoms with Gasteiger partial charge in [0.1, 0.15) is 0 Å². The molecule has 1 heterocycles. The van der Waals surface area contributed by atoms with Gasteiger partial charge in [0.15, 0.2) is 9.84 Å². The molecule has 29 heavy (non-hydrogen) atoms. The number of hydrogen-bond donors (Lipinski definition) is 1. The first-order chi connectivity index (χ1) is 13.8. The molecule has 2 aliphatic rings. The standard InChI is InChI=1S/C22H24N2O4S/c1-15-3-2-4-18(13-15)23-21(25)10-12-29(27,28)19-7-8-20-17(14-19)9-11-24(20)22(26)16-5-6-16/h2-4,7-8,13-14,16H,5-6,9-12H2,1H3,(H,23,25). The summed E-state index contributed by atoms with van der Waals surface area (Å²) >= 11 is 0. The van der Waals surface area contributed by atoms with Crippen LogP contribution >= 0.6 is 0 Å². The van der Waals surface area contributed by atoms with Crippen LogP contribution < -0.4 is 10.2 Å². The maximum Gasteiger partial charge on any atom is 0.230 e. The Kier molecular flexibility index (Phi) is 5.17. The maximum absolute atomic E-state index is 12.7. The van der Waals surface area contributed by atoms with E-state index in [1.165, 1.54) is 0 Å². The average Bonchev–Trinajstić information content (AvgIpc) is 3.45. The van der Waals surface area contributed by atoms with E-state index in [1.54, 1.807) is 29.2 Å². The summed E-state index contributed by atoms with van der Waals surface area (Å²) in [6, 6.07) is 12.3. The first-order valence-electron chi connectivity index (χ1n) is 9.87. The Balaban J connectivity index is 1.41. The van der Waals surface area contributed by atoms with Crippen molar-refractivity contribution in [3.63, 3.8) is 0 Å². The Morgan fingerprint density at radius 1 is 1.14 bits per heavy atom. The molecular weight excluding hydrogens is 388 g/mol. The van der Waals surface area contributed by atoms with E-state index in [4.69, 9.17) is 0 Å². The molecule has 0 spiro atoms. The molecule has 152 valence electrons. The minimum Gasteiger partial charge on any atom is -0.326 e. The molecule has 1 saturated carbocycles. The second kappa shape index (κ2) is 7.63. The second-order valence-electron chi connectivity index (χ2n) is 7.79. The van der Waals surface area contributed by atoms with E-state index in [2.05, 4.69) is 5.32 Å². The number of hydrogen-bond acceptors (Lipinski definition) is 4. The fourth-order valence-electron chi connectivity index (χ4n) is 3.64. The summed E-state index contributed by atoms with van der Waals surface area (Å²) in [4.78, 5) is 26.5. The Hall–Kier alpha value is -2.67. The van der Waals surface area contributed by atoms with Gasteiger partial charge in [-0.2, -0.15) is 0 Å². The van der Waals surface area contributed by atoms with Crippen molar-refractivity contribution >= 4 is 33.0 Å². The third kappa shape index (κ3) is 4.34. The number of anilines is 2. The molecule has 7 heteroatoms. The molecule has 0 aromatic heterocycles. The smallest absolute Gasteiger partial charge is 0.230 e. The fourth-order valence-corrected chi connectivity index (χ4v) is 4.93. The number of carbonyl (C=O) groups excluding carboxylic acids is 2. The van der Waals surface area contributed by atoms with Crippen LogP contribution in [0.1, 0.15) is 30.4 Å². The second-order valence-corrected chi connectivity index (χ2v) is 9.90. The van der Waals surface area contributed by atoms with Crippen molar-refractivity contribution < 1.29 is 18.0 Å². The van der Waals surface area contributed by atoms with Crippen molar-refractivity contribution in [2.24, 2.45) is 5.92 Å². The first-order valence-corrected chi connectivity index (χ1v) is 11.5. The van der Waals surface area contributed by atoms with E-state index >= 15 is 0 Å². The molecule has 0 unspecified atom stereocenters. The summed E-state index contributed by atoms with van der Waals surface area (Å²) < 4.78 is 25.4. The summed E-state index contributed by atoms with van der Waals surface area (Å²) in [7, 11) is -3.58. The van der Waals surface area contributed by atoms with Crippen LogP contribution in [0.15, 0.2) is 47.4 Å². The zero-order valence-electron chi connectivity index (χ0n) is 16.3. The normalized spacial score (nSPS) is 15.8. The Morgan fingerprint density at radius 3 is 2.66 bits per heavy atom. The molecule has 6 nitrogen and oxygen atoms in total. The highest BCUT2D eigenvalue weighted by atomic mass is 32.2. The first kappa shape index (κ1) is 19.6. The number of rotatable bonds is 6. The lowest BCUT2D eigenvalue weighted by Gasteiger charge is -2.17. The van der Waals surface area contributed by atoms with Gasteiger partial charge < -0.3 is 10.2 Å². The fraction of sp³-hybridized carbons (Fsp3) is 0.364. The summed E-state index contributed by atoms with van der Waals surface area (Å²) in [5, 5.41) is 2.74. The van der Waals surface area contributed by atoms with Crippen molar-refractivity contribution in [1.29, 1.82) is 0 Å². The van der Waals surface area contributed by atoms with Gasteiger partial charge in [-0.25, -0.2) is 8.42 Å². The van der Waals surface area contributed by atoms with E-state index in [-0.39, 0.29) is 34.8 Å². The molecule has 2 aromatic carbocycles. The zero-order valence-corrected chi connectivity index (χ0v) is 17.2. The SMILES string of the molecule is Cc1cccc(NC(=O)CCS(=O)(=O)c2ccc3c(c2)CCN3C(=O)C2CC2)c1. The largest absolute Gasteiger partial charge is 0.326 e. The lowest BCUT2D eigenvalue weighted by Crippen LogP contribution is -2.30. The molecule has 1 aliphatic heterocycles. The van der Waals surface area contributed by atoms with Gasteiger partial charge in [-0.05, 0) is 67.6 Å². The molecule has 0 saturated heterocycles. The summed E-state index contributed by atoms with van der Waals surface area (Å²) in [5.74, 6) is -0.307. The van der Waals surface area contributed by atoms with Crippen molar-refractivity contribution in [2.75, 3.05) is 22.5 Å². The highest BCUT2D eigenvalue weighted by Gasteiger charge is 2.36. The lowest BCUT2D eigenvalue weighted by atomic mass is 10.2. The van der Waals surface area contributed by atoms with Gasteiger partial charge in [-0.3, -0.25) is 9.59 Å². The molecule has 1 aliphatic carbocycles. The Morgan fingerprint density at radius 2 is 1.93 bits per heavy atom. The monoisotopic (exact) mass is 412 g/mol. The van der Waals surface area contributed by atoms with Gasteiger partial charge in [-0.15, -0.1) is 0 Å². The molecule has 0 atom stereocenters. The summed E-state index contributed by atoms with van der Waals surface area (Å²) in [6.45, 7) is 2.53. The minimum atomic E-state index is -3.58. The van der Waals surface area contributed by atoms with Crippen LogP contribution in [0.3, 0.4) is 0 Å². The van der Waals surface area contributed by atoms with Crippen LogP contribution in [-0.2, 0) is 25.8 Å². The number of carbonyl (C=O) groups is 2. The molecule has 2 aromatic rings. The number of nitrogens with one attached hydrogen (secondary N) is 1. The van der Waals surface area contributed by atoms with E-state index in [1.807, 2.05) is 25.1 Å². The molecular formula is C22H24N2O4S. The van der Waals surface area contributed by atoms with Crippen LogP contribution in [-0.4, -0.2) is 32.5 Å². The van der Waals surface area contributed by atoms with E-state index in [0.29, 0.717) is 18.7 Å². The van der Waals surface area contributed by atoms with Crippen molar-refractivity contribution in [3.8, 4) is 0 Å². The number of nitrogens with zero attached hydrogens (tertiary/aromatic N) is 1. The third-order valence-electron chi connectivity index (χ3n) is 5.40. The van der Waals surface area contributed by atoms with Crippen LogP contribution in [0.5, 0.6) is 0 Å². The third-order valence-corrected chi connectivity index (χ3v) is 7.11. The molecule has 1 N–H and O–H groups in total. The van der Waals surface area contributed by atoms with Crippen LogP contribution in [0.25, 0.3) is 0 Å². The number of aryl methyl sites for hydroxylation is 1. The van der Waals surface area contributed by atoms with Crippen LogP contribution in [0.2, 0.25) is 0 Å².